The first-order valence-electron chi connectivity index (χ1n) is 11.6. The first-order chi connectivity index (χ1) is 13.9. The molecule has 2 amide bonds. The second-order valence-electron chi connectivity index (χ2n) is 12.5. The minimum atomic E-state index is -0.271. The lowest BCUT2D eigenvalue weighted by Gasteiger charge is -2.42. The van der Waals surface area contributed by atoms with Gasteiger partial charge < -0.3 is 4.84 Å². The zero-order chi connectivity index (χ0) is 24.0. The molecule has 0 aliphatic carbocycles. The summed E-state index contributed by atoms with van der Waals surface area (Å²) in [6, 6.07) is 6.30. The molecule has 0 spiro atoms. The molecule has 0 N–H and O–H groups in total. The van der Waals surface area contributed by atoms with Gasteiger partial charge in [-0.15, -0.1) is 5.06 Å². The minimum Gasteiger partial charge on any atom is -0.369 e. The summed E-state index contributed by atoms with van der Waals surface area (Å²) in [5.41, 5.74) is 2.27. The van der Waals surface area contributed by atoms with Crippen molar-refractivity contribution < 1.29 is 14.4 Å². The summed E-state index contributed by atoms with van der Waals surface area (Å²) < 4.78 is 0. The topological polar surface area (TPSA) is 46.6 Å². The molecular formula is C27H43NO3. The zero-order valence-electron chi connectivity index (χ0n) is 21.6. The molecule has 0 radical (unpaired) electrons. The highest BCUT2D eigenvalue weighted by Crippen LogP contribution is 2.46. The van der Waals surface area contributed by atoms with Gasteiger partial charge in [-0.05, 0) is 57.3 Å². The molecule has 1 aliphatic rings. The number of imide groups is 1. The Morgan fingerprint density at radius 1 is 0.839 bits per heavy atom. The number of rotatable bonds is 7. The summed E-state index contributed by atoms with van der Waals surface area (Å²) in [5.74, 6) is 0.569. The fraction of sp³-hybridized carbons (Fsp3) is 0.704. The molecule has 0 bridgehead atoms. The predicted molar refractivity (Wildman–Crippen MR) is 127 cm³/mol. The molecule has 0 atom stereocenters. The van der Waals surface area contributed by atoms with Crippen LogP contribution in [0.3, 0.4) is 0 Å². The van der Waals surface area contributed by atoms with Crippen molar-refractivity contribution in [2.75, 3.05) is 0 Å². The van der Waals surface area contributed by atoms with Gasteiger partial charge in [-0.1, -0.05) is 82.2 Å². The van der Waals surface area contributed by atoms with Crippen LogP contribution in [0.1, 0.15) is 107 Å². The van der Waals surface area contributed by atoms with E-state index in [9.17, 15) is 9.59 Å². The van der Waals surface area contributed by atoms with Gasteiger partial charge in [-0.25, -0.2) is 0 Å². The predicted octanol–water partition coefficient (Wildman–Crippen LogP) is 6.80. The highest BCUT2D eigenvalue weighted by molar-refractivity contribution is 6.00. The molecule has 1 aromatic carbocycles. The molecule has 4 heteroatoms. The number of carbonyl (C=O) groups excluding carboxylic acids is 2. The molecule has 0 saturated carbocycles. The molecule has 1 saturated heterocycles. The molecule has 31 heavy (non-hydrogen) atoms. The Morgan fingerprint density at radius 3 is 1.77 bits per heavy atom. The molecule has 1 fully saturated rings. The molecular weight excluding hydrogens is 386 g/mol. The van der Waals surface area contributed by atoms with Crippen LogP contribution in [0.5, 0.6) is 5.75 Å². The van der Waals surface area contributed by atoms with E-state index in [1.165, 1.54) is 5.56 Å². The third-order valence-corrected chi connectivity index (χ3v) is 7.95. The molecule has 1 aromatic rings. The first-order valence-corrected chi connectivity index (χ1v) is 11.6. The van der Waals surface area contributed by atoms with Crippen LogP contribution in [0.25, 0.3) is 0 Å². The van der Waals surface area contributed by atoms with Gasteiger partial charge in [0.15, 0.2) is 5.75 Å². The summed E-state index contributed by atoms with van der Waals surface area (Å²) in [5, 5.41) is 0.942. The standard InChI is InChI=1S/C27H43NO3/c1-18(2)25(6,7)17-26(8,9)19-14-20(27(10,11)24(3,4)5)16-21(15-19)31-28-22(29)12-13-23(28)30/h14-16,18H,12-13,17H2,1-11H3. The lowest BCUT2D eigenvalue weighted by Crippen LogP contribution is -2.36. The summed E-state index contributed by atoms with van der Waals surface area (Å²) >= 11 is 0. The van der Waals surface area contributed by atoms with Crippen LogP contribution in [0.4, 0.5) is 0 Å². The maximum Gasteiger partial charge on any atom is 0.263 e. The van der Waals surface area contributed by atoms with E-state index >= 15 is 0 Å². The van der Waals surface area contributed by atoms with Crippen molar-refractivity contribution in [2.24, 2.45) is 16.7 Å². The maximum atomic E-state index is 12.2. The number of benzene rings is 1. The third kappa shape index (κ3) is 5.32. The monoisotopic (exact) mass is 429 g/mol. The van der Waals surface area contributed by atoms with Crippen LogP contribution >= 0.6 is 0 Å². The molecule has 0 unspecified atom stereocenters. The van der Waals surface area contributed by atoms with E-state index in [0.29, 0.717) is 11.7 Å². The Morgan fingerprint density at radius 2 is 1.32 bits per heavy atom. The molecule has 2 rings (SSSR count). The number of hydrogen-bond acceptors (Lipinski definition) is 3. The normalized spacial score (nSPS) is 16.5. The zero-order valence-corrected chi connectivity index (χ0v) is 21.6. The summed E-state index contributed by atoms with van der Waals surface area (Å²) in [7, 11) is 0. The van der Waals surface area contributed by atoms with Crippen LogP contribution in [0.15, 0.2) is 18.2 Å². The van der Waals surface area contributed by atoms with Crippen molar-refractivity contribution in [1.82, 2.24) is 5.06 Å². The Balaban J connectivity index is 2.58. The van der Waals surface area contributed by atoms with Gasteiger partial charge >= 0.3 is 0 Å². The fourth-order valence-electron chi connectivity index (χ4n) is 4.04. The Hall–Kier alpha value is -1.84. The maximum absolute atomic E-state index is 12.2. The van der Waals surface area contributed by atoms with Crippen LogP contribution < -0.4 is 4.84 Å². The van der Waals surface area contributed by atoms with Crippen LogP contribution in [0, 0.1) is 16.7 Å². The number of hydrogen-bond donors (Lipinski definition) is 0. The Bertz CT molecular complexity index is 825. The van der Waals surface area contributed by atoms with E-state index in [0.717, 1.165) is 17.0 Å². The number of hydroxylamine groups is 2. The van der Waals surface area contributed by atoms with Gasteiger partial charge in [0.1, 0.15) is 0 Å². The third-order valence-electron chi connectivity index (χ3n) is 7.95. The fourth-order valence-corrected chi connectivity index (χ4v) is 4.04. The van der Waals surface area contributed by atoms with Gasteiger partial charge in [-0.2, -0.15) is 0 Å². The van der Waals surface area contributed by atoms with Crippen molar-refractivity contribution >= 4 is 11.8 Å². The number of nitrogens with zero attached hydrogens (tertiary/aromatic N) is 1. The lowest BCUT2D eigenvalue weighted by atomic mass is 9.63. The highest BCUT2D eigenvalue weighted by Gasteiger charge is 2.38. The van der Waals surface area contributed by atoms with Crippen LogP contribution in [0.2, 0.25) is 0 Å². The summed E-state index contributed by atoms with van der Waals surface area (Å²) in [6.07, 6.45) is 1.44. The van der Waals surface area contributed by atoms with Gasteiger partial charge in [-0.3, -0.25) is 9.59 Å². The van der Waals surface area contributed by atoms with Gasteiger partial charge in [0.25, 0.3) is 11.8 Å². The van der Waals surface area contributed by atoms with Crippen molar-refractivity contribution in [3.05, 3.63) is 29.3 Å². The van der Waals surface area contributed by atoms with E-state index in [-0.39, 0.29) is 46.3 Å². The van der Waals surface area contributed by atoms with Gasteiger partial charge in [0, 0.05) is 12.8 Å². The average Bonchev–Trinajstić information content (AvgIpc) is 2.91. The quantitative estimate of drug-likeness (QED) is 0.448. The van der Waals surface area contributed by atoms with E-state index in [1.54, 1.807) is 0 Å². The van der Waals surface area contributed by atoms with Crippen LogP contribution in [-0.2, 0) is 20.4 Å². The minimum absolute atomic E-state index is 0.0174. The van der Waals surface area contributed by atoms with Gasteiger partial charge in [0.05, 0.1) is 0 Å². The molecule has 0 aromatic heterocycles. The van der Waals surface area contributed by atoms with Crippen molar-refractivity contribution in [3.8, 4) is 5.75 Å². The van der Waals surface area contributed by atoms with E-state index < -0.39 is 0 Å². The molecule has 4 nitrogen and oxygen atoms in total. The molecule has 1 aliphatic heterocycles. The van der Waals surface area contributed by atoms with Crippen molar-refractivity contribution in [1.29, 1.82) is 0 Å². The lowest BCUT2D eigenvalue weighted by molar-refractivity contribution is -0.164. The van der Waals surface area contributed by atoms with Crippen molar-refractivity contribution in [3.63, 3.8) is 0 Å². The van der Waals surface area contributed by atoms with E-state index in [2.05, 4.69) is 82.2 Å². The van der Waals surface area contributed by atoms with Crippen molar-refractivity contribution in [2.45, 2.75) is 106 Å². The Kier molecular flexibility index (Phi) is 6.77. The Labute approximate surface area is 189 Å². The second-order valence-corrected chi connectivity index (χ2v) is 12.5. The molecule has 1 heterocycles. The smallest absolute Gasteiger partial charge is 0.263 e. The van der Waals surface area contributed by atoms with E-state index in [4.69, 9.17) is 4.84 Å². The summed E-state index contributed by atoms with van der Waals surface area (Å²) in [4.78, 5) is 30.2. The SMILES string of the molecule is CC(C)C(C)(C)CC(C)(C)c1cc(ON2C(=O)CCC2=O)cc(C(C)(C)C(C)(C)C)c1. The highest BCUT2D eigenvalue weighted by atomic mass is 16.7. The number of amides is 2. The average molecular weight is 430 g/mol. The molecule has 174 valence electrons. The van der Waals surface area contributed by atoms with Crippen LogP contribution in [-0.4, -0.2) is 16.9 Å². The second kappa shape index (κ2) is 8.26. The first kappa shape index (κ1) is 25.4. The van der Waals surface area contributed by atoms with E-state index in [1.807, 2.05) is 12.1 Å². The summed E-state index contributed by atoms with van der Waals surface area (Å²) in [6.45, 7) is 24.9. The number of carbonyl (C=O) groups is 2. The van der Waals surface area contributed by atoms with Gasteiger partial charge in [0.2, 0.25) is 0 Å². The largest absolute Gasteiger partial charge is 0.369 e.